The molecule has 0 aromatic heterocycles. The molecule has 0 spiro atoms. The predicted molar refractivity (Wildman–Crippen MR) is 143 cm³/mol. The summed E-state index contributed by atoms with van der Waals surface area (Å²) in [5.41, 5.74) is 5.54. The van der Waals surface area contributed by atoms with Gasteiger partial charge in [0.1, 0.15) is 0 Å². The minimum Gasteiger partial charge on any atom is -0.285 e. The van der Waals surface area contributed by atoms with E-state index in [2.05, 4.69) is 20.9 Å². The Balaban J connectivity index is 2.01. The maximum atomic E-state index is 12.9. The number of amidine groups is 2. The van der Waals surface area contributed by atoms with Crippen LogP contribution < -0.4 is 11.0 Å². The third kappa shape index (κ3) is 10.9. The van der Waals surface area contributed by atoms with E-state index in [0.29, 0.717) is 37.1 Å². The largest absolute Gasteiger partial charge is 0.285 e. The molecule has 0 atom stereocenters. The minimum atomic E-state index is -0.490. The molecule has 0 saturated heterocycles. The molecule has 2 rings (SSSR count). The summed E-state index contributed by atoms with van der Waals surface area (Å²) in [6.45, 7) is 12.1. The number of carbonyl (C=O) groups excluding carboxylic acids is 2. The van der Waals surface area contributed by atoms with E-state index >= 15 is 0 Å². The molecule has 8 heteroatoms. The SMILES string of the molecule is CC(C)(C)ONC(=NCCCCN=C(NOC(C)(C)C)C(=O)c1ccccc1)C(=O)c1ccccc1. The van der Waals surface area contributed by atoms with Crippen LogP contribution >= 0.6 is 0 Å². The zero-order valence-corrected chi connectivity index (χ0v) is 22.1. The van der Waals surface area contributed by atoms with Crippen molar-refractivity contribution in [2.24, 2.45) is 9.98 Å². The molecule has 0 bridgehead atoms. The van der Waals surface area contributed by atoms with E-state index in [-0.39, 0.29) is 23.2 Å². The first-order chi connectivity index (χ1) is 17.0. The molecule has 0 fully saturated rings. The highest BCUT2D eigenvalue weighted by atomic mass is 16.7. The van der Waals surface area contributed by atoms with E-state index in [1.165, 1.54) is 0 Å². The van der Waals surface area contributed by atoms with Crippen molar-refractivity contribution in [1.29, 1.82) is 0 Å². The predicted octanol–water partition coefficient (Wildman–Crippen LogP) is 4.97. The van der Waals surface area contributed by atoms with Gasteiger partial charge in [0, 0.05) is 24.2 Å². The van der Waals surface area contributed by atoms with Crippen molar-refractivity contribution in [3.05, 3.63) is 71.8 Å². The van der Waals surface area contributed by atoms with Crippen molar-refractivity contribution in [2.75, 3.05) is 13.1 Å². The Kier molecular flexibility index (Phi) is 11.0. The average Bonchev–Trinajstić information content (AvgIpc) is 2.84. The van der Waals surface area contributed by atoms with Crippen LogP contribution in [0.5, 0.6) is 0 Å². The van der Waals surface area contributed by atoms with E-state index in [4.69, 9.17) is 9.68 Å². The van der Waals surface area contributed by atoms with Crippen LogP contribution in [0.2, 0.25) is 0 Å². The van der Waals surface area contributed by atoms with Gasteiger partial charge in [-0.25, -0.2) is 11.0 Å². The lowest BCUT2D eigenvalue weighted by atomic mass is 10.1. The number of nitrogens with zero attached hydrogens (tertiary/aromatic N) is 2. The van der Waals surface area contributed by atoms with Gasteiger partial charge in [0.2, 0.25) is 11.6 Å². The highest BCUT2D eigenvalue weighted by Crippen LogP contribution is 2.08. The third-order valence-corrected chi connectivity index (χ3v) is 4.52. The summed E-state index contributed by atoms with van der Waals surface area (Å²) in [6.07, 6.45) is 1.33. The Labute approximate surface area is 214 Å². The fourth-order valence-electron chi connectivity index (χ4n) is 2.76. The molecule has 0 unspecified atom stereocenters. The fourth-order valence-corrected chi connectivity index (χ4v) is 2.76. The molecule has 0 heterocycles. The molecule has 0 aliphatic heterocycles. The van der Waals surface area contributed by atoms with Crippen LogP contribution in [0.3, 0.4) is 0 Å². The number of carbonyl (C=O) groups is 2. The number of hydrogen-bond donors (Lipinski definition) is 2. The number of hydrogen-bond acceptors (Lipinski definition) is 6. The van der Waals surface area contributed by atoms with Gasteiger partial charge in [-0.15, -0.1) is 0 Å². The van der Waals surface area contributed by atoms with Crippen molar-refractivity contribution < 1.29 is 19.3 Å². The van der Waals surface area contributed by atoms with Crippen LogP contribution in [0, 0.1) is 0 Å². The zero-order chi connectivity index (χ0) is 26.6. The Morgan fingerprint density at radius 1 is 0.639 bits per heavy atom. The van der Waals surface area contributed by atoms with Crippen molar-refractivity contribution in [3.8, 4) is 0 Å². The number of rotatable bonds is 11. The van der Waals surface area contributed by atoms with E-state index in [1.807, 2.05) is 53.7 Å². The van der Waals surface area contributed by atoms with Crippen LogP contribution in [0.25, 0.3) is 0 Å². The zero-order valence-electron chi connectivity index (χ0n) is 22.1. The highest BCUT2D eigenvalue weighted by Gasteiger charge is 2.19. The number of hydroxylamine groups is 2. The summed E-state index contributed by atoms with van der Waals surface area (Å²) in [4.78, 5) is 45.8. The Hall–Kier alpha value is -3.36. The number of unbranched alkanes of at least 4 members (excludes halogenated alkanes) is 1. The van der Waals surface area contributed by atoms with Crippen LogP contribution in [0.15, 0.2) is 70.6 Å². The molecule has 0 radical (unpaired) electrons. The van der Waals surface area contributed by atoms with Crippen LogP contribution in [0.4, 0.5) is 0 Å². The van der Waals surface area contributed by atoms with E-state index in [1.54, 1.807) is 48.5 Å². The Morgan fingerprint density at radius 3 is 1.28 bits per heavy atom. The molecule has 194 valence electrons. The smallest absolute Gasteiger partial charge is 0.229 e. The Morgan fingerprint density at radius 2 is 0.972 bits per heavy atom. The van der Waals surface area contributed by atoms with Crippen LogP contribution in [0.1, 0.15) is 75.1 Å². The molecule has 8 nitrogen and oxygen atoms in total. The van der Waals surface area contributed by atoms with Gasteiger partial charge in [-0.1, -0.05) is 60.7 Å². The molecule has 0 aliphatic rings. The van der Waals surface area contributed by atoms with E-state index in [9.17, 15) is 9.59 Å². The van der Waals surface area contributed by atoms with Gasteiger partial charge in [0.25, 0.3) is 0 Å². The second-order valence-corrected chi connectivity index (χ2v) is 10.2. The first-order valence-electron chi connectivity index (χ1n) is 12.1. The number of benzene rings is 2. The third-order valence-electron chi connectivity index (χ3n) is 4.52. The van der Waals surface area contributed by atoms with E-state index < -0.39 is 11.2 Å². The maximum absolute atomic E-state index is 12.9. The van der Waals surface area contributed by atoms with Crippen molar-refractivity contribution in [2.45, 2.75) is 65.6 Å². The van der Waals surface area contributed by atoms with Gasteiger partial charge in [0.05, 0.1) is 11.2 Å². The molecule has 0 aliphatic carbocycles. The normalized spacial score (nSPS) is 12.8. The van der Waals surface area contributed by atoms with Crippen LogP contribution in [-0.2, 0) is 9.68 Å². The van der Waals surface area contributed by atoms with Gasteiger partial charge >= 0.3 is 0 Å². The topological polar surface area (TPSA) is 101 Å². The van der Waals surface area contributed by atoms with E-state index in [0.717, 1.165) is 0 Å². The van der Waals surface area contributed by atoms with Gasteiger partial charge in [-0.2, -0.15) is 0 Å². The number of Topliss-reactive ketones (excluding diaryl/α,β-unsaturated/α-hetero) is 2. The minimum absolute atomic E-state index is 0.153. The lowest BCUT2D eigenvalue weighted by Crippen LogP contribution is -2.38. The molecule has 0 amide bonds. The number of nitrogens with one attached hydrogen (secondary N) is 2. The van der Waals surface area contributed by atoms with Crippen LogP contribution in [-0.4, -0.2) is 47.5 Å². The molecule has 2 N–H and O–H groups in total. The average molecular weight is 495 g/mol. The molecular formula is C28H38N4O4. The van der Waals surface area contributed by atoms with Crippen molar-refractivity contribution in [3.63, 3.8) is 0 Å². The molecule has 0 saturated carbocycles. The standard InChI is InChI=1S/C28H38N4O4/c1-27(2,3)35-31-25(23(33)21-15-9-7-10-16-21)29-19-13-14-20-30-26(32-36-28(4,5)6)24(34)22-17-11-8-12-18-22/h7-12,15-18H,13-14,19-20H2,1-6H3,(H,29,31)(H,30,32). The first kappa shape index (κ1) is 28.9. The Bertz CT molecular complexity index is 951. The second kappa shape index (κ2) is 13.7. The van der Waals surface area contributed by atoms with Gasteiger partial charge in [-0.05, 0) is 54.4 Å². The van der Waals surface area contributed by atoms with Gasteiger partial charge in [0.15, 0.2) is 11.7 Å². The van der Waals surface area contributed by atoms with Gasteiger partial charge in [-0.3, -0.25) is 29.2 Å². The molecule has 36 heavy (non-hydrogen) atoms. The van der Waals surface area contributed by atoms with Crippen molar-refractivity contribution >= 4 is 23.2 Å². The summed E-state index contributed by atoms with van der Waals surface area (Å²) in [7, 11) is 0. The summed E-state index contributed by atoms with van der Waals surface area (Å²) in [5, 5.41) is 0. The quantitative estimate of drug-likeness (QED) is 0.150. The fraction of sp³-hybridized carbons (Fsp3) is 0.429. The summed E-state index contributed by atoms with van der Waals surface area (Å²) < 4.78 is 0. The second-order valence-electron chi connectivity index (χ2n) is 10.2. The molecular weight excluding hydrogens is 456 g/mol. The first-order valence-corrected chi connectivity index (χ1v) is 12.1. The maximum Gasteiger partial charge on any atom is 0.229 e. The summed E-state index contributed by atoms with van der Waals surface area (Å²) >= 11 is 0. The lowest BCUT2D eigenvalue weighted by molar-refractivity contribution is -0.0427. The molecule has 2 aromatic carbocycles. The lowest BCUT2D eigenvalue weighted by Gasteiger charge is -2.20. The number of aliphatic imine (C=N–C) groups is 2. The van der Waals surface area contributed by atoms with Gasteiger partial charge < -0.3 is 0 Å². The monoisotopic (exact) mass is 494 g/mol. The summed E-state index contributed by atoms with van der Waals surface area (Å²) in [5.74, 6) is -0.172. The summed E-state index contributed by atoms with van der Waals surface area (Å²) in [6, 6.07) is 17.9. The number of ketones is 2. The molecule has 2 aromatic rings. The van der Waals surface area contributed by atoms with Crippen molar-refractivity contribution in [1.82, 2.24) is 11.0 Å². The highest BCUT2D eigenvalue weighted by molar-refractivity contribution is 6.45.